The van der Waals surface area contributed by atoms with E-state index >= 15 is 0 Å². The molecular weight excluding hydrogens is 374 g/mol. The highest BCUT2D eigenvalue weighted by Crippen LogP contribution is 2.25. The van der Waals surface area contributed by atoms with Crippen molar-refractivity contribution >= 4 is 0 Å². The quantitative estimate of drug-likeness (QED) is 0.479. The minimum atomic E-state index is -0.217. The number of nitriles is 1. The first-order chi connectivity index (χ1) is 14.8. The summed E-state index contributed by atoms with van der Waals surface area (Å²) in [6, 6.07) is 26.5. The van der Waals surface area contributed by atoms with Gasteiger partial charge in [0.25, 0.3) is 5.56 Å². The fourth-order valence-corrected chi connectivity index (χ4v) is 3.25. The van der Waals surface area contributed by atoms with E-state index in [2.05, 4.69) is 11.1 Å². The second-order valence-electron chi connectivity index (χ2n) is 6.75. The van der Waals surface area contributed by atoms with Gasteiger partial charge in [0.05, 0.1) is 23.9 Å². The number of aromatic nitrogens is 2. The number of hydrogen-bond donors (Lipinski definition) is 0. The van der Waals surface area contributed by atoms with Crippen LogP contribution in [-0.4, -0.2) is 9.55 Å². The van der Waals surface area contributed by atoms with Crippen molar-refractivity contribution in [2.24, 2.45) is 0 Å². The molecular formula is C25H19N3O2. The predicted octanol–water partition coefficient (Wildman–Crippen LogP) is 4.62. The molecule has 0 aliphatic carbocycles. The summed E-state index contributed by atoms with van der Waals surface area (Å²) in [6.45, 7) is 0.487. The molecule has 146 valence electrons. The Bertz CT molecular complexity index is 1240. The Morgan fingerprint density at radius 2 is 1.70 bits per heavy atom. The molecule has 0 amide bonds. The first kappa shape index (κ1) is 19.3. The van der Waals surface area contributed by atoms with Crippen molar-refractivity contribution in [3.8, 4) is 28.5 Å². The molecule has 0 unspecified atom stereocenters. The van der Waals surface area contributed by atoms with Gasteiger partial charge in [-0.25, -0.2) is 0 Å². The van der Waals surface area contributed by atoms with Gasteiger partial charge in [-0.3, -0.25) is 14.3 Å². The van der Waals surface area contributed by atoms with Crippen molar-refractivity contribution < 1.29 is 4.74 Å². The largest absolute Gasteiger partial charge is 0.356 e. The molecule has 2 aromatic carbocycles. The number of rotatable bonds is 6. The Labute approximate surface area is 174 Å². The van der Waals surface area contributed by atoms with Crippen LogP contribution < -0.4 is 5.56 Å². The van der Waals surface area contributed by atoms with E-state index in [1.807, 2.05) is 54.6 Å². The van der Waals surface area contributed by atoms with Crippen LogP contribution in [0.3, 0.4) is 0 Å². The zero-order chi connectivity index (χ0) is 20.8. The Morgan fingerprint density at radius 1 is 0.933 bits per heavy atom. The monoisotopic (exact) mass is 393 g/mol. The zero-order valence-corrected chi connectivity index (χ0v) is 16.2. The summed E-state index contributed by atoms with van der Waals surface area (Å²) in [6.07, 6.45) is 3.45. The maximum absolute atomic E-state index is 13.2. The van der Waals surface area contributed by atoms with Crippen LogP contribution in [-0.2, 0) is 18.1 Å². The normalized spacial score (nSPS) is 10.5. The molecule has 4 aromatic rings. The second-order valence-corrected chi connectivity index (χ2v) is 6.75. The third kappa shape index (κ3) is 4.19. The summed E-state index contributed by atoms with van der Waals surface area (Å²) in [5.41, 5.74) is 3.82. The predicted molar refractivity (Wildman–Crippen MR) is 115 cm³/mol. The van der Waals surface area contributed by atoms with Crippen molar-refractivity contribution in [2.75, 3.05) is 0 Å². The molecule has 2 heterocycles. The lowest BCUT2D eigenvalue weighted by molar-refractivity contribution is 0.0619. The SMILES string of the molecule is N#Cc1ccccc1-c1cc(-c2ccccn2)cn(COCc2ccccc2)c1=O. The molecule has 0 spiro atoms. The topological polar surface area (TPSA) is 67.9 Å². The van der Waals surface area contributed by atoms with Crippen LogP contribution in [0.15, 0.2) is 96.1 Å². The maximum atomic E-state index is 13.2. The minimum absolute atomic E-state index is 0.0934. The van der Waals surface area contributed by atoms with Gasteiger partial charge in [0.1, 0.15) is 6.73 Å². The molecule has 0 bridgehead atoms. The molecule has 5 heteroatoms. The van der Waals surface area contributed by atoms with Gasteiger partial charge in [-0.15, -0.1) is 0 Å². The third-order valence-electron chi connectivity index (χ3n) is 4.73. The molecule has 0 aliphatic rings. The molecule has 2 aromatic heterocycles. The number of hydrogen-bond acceptors (Lipinski definition) is 4. The number of nitrogens with zero attached hydrogens (tertiary/aromatic N) is 3. The van der Waals surface area contributed by atoms with Gasteiger partial charge in [0.15, 0.2) is 0 Å². The van der Waals surface area contributed by atoms with E-state index in [1.54, 1.807) is 36.7 Å². The summed E-state index contributed by atoms with van der Waals surface area (Å²) in [5.74, 6) is 0. The van der Waals surface area contributed by atoms with Crippen LogP contribution in [0, 0.1) is 11.3 Å². The lowest BCUT2D eigenvalue weighted by Crippen LogP contribution is -2.23. The fraction of sp³-hybridized carbons (Fsp3) is 0.0800. The van der Waals surface area contributed by atoms with Gasteiger partial charge in [0.2, 0.25) is 0 Å². The molecule has 5 nitrogen and oxygen atoms in total. The number of benzene rings is 2. The third-order valence-corrected chi connectivity index (χ3v) is 4.73. The van der Waals surface area contributed by atoms with Crippen molar-refractivity contribution in [2.45, 2.75) is 13.3 Å². The summed E-state index contributed by atoms with van der Waals surface area (Å²) in [4.78, 5) is 17.6. The first-order valence-electron chi connectivity index (χ1n) is 9.53. The molecule has 0 saturated carbocycles. The maximum Gasteiger partial charge on any atom is 0.260 e. The van der Waals surface area contributed by atoms with Gasteiger partial charge in [-0.2, -0.15) is 5.26 Å². The first-order valence-corrected chi connectivity index (χ1v) is 9.53. The zero-order valence-electron chi connectivity index (χ0n) is 16.2. The van der Waals surface area contributed by atoms with Crippen LogP contribution in [0.1, 0.15) is 11.1 Å². The summed E-state index contributed by atoms with van der Waals surface area (Å²) in [5, 5.41) is 9.50. The Kier molecular flexibility index (Phi) is 5.79. The summed E-state index contributed by atoms with van der Waals surface area (Å²) in [7, 11) is 0. The van der Waals surface area contributed by atoms with E-state index < -0.39 is 0 Å². The highest BCUT2D eigenvalue weighted by atomic mass is 16.5. The van der Waals surface area contributed by atoms with Crippen molar-refractivity contribution in [1.82, 2.24) is 9.55 Å². The summed E-state index contributed by atoms with van der Waals surface area (Å²) < 4.78 is 7.33. The van der Waals surface area contributed by atoms with E-state index in [-0.39, 0.29) is 12.3 Å². The standard InChI is InChI=1S/C25H19N3O2/c26-15-20-10-4-5-11-22(20)23-14-21(24-12-6-7-13-27-24)16-28(25(23)29)18-30-17-19-8-2-1-3-9-19/h1-14,16H,17-18H2. The Morgan fingerprint density at radius 3 is 2.47 bits per heavy atom. The van der Waals surface area contributed by atoms with Gasteiger partial charge >= 0.3 is 0 Å². The van der Waals surface area contributed by atoms with Gasteiger partial charge in [-0.1, -0.05) is 54.6 Å². The van der Waals surface area contributed by atoms with Gasteiger partial charge in [0, 0.05) is 29.1 Å². The van der Waals surface area contributed by atoms with E-state index in [9.17, 15) is 10.1 Å². The van der Waals surface area contributed by atoms with Gasteiger partial charge in [-0.05, 0) is 29.8 Å². The van der Waals surface area contributed by atoms with Crippen LogP contribution in [0.2, 0.25) is 0 Å². The second kappa shape index (κ2) is 8.99. The highest BCUT2D eigenvalue weighted by molar-refractivity contribution is 5.74. The molecule has 0 saturated heterocycles. The van der Waals surface area contributed by atoms with Crippen LogP contribution in [0.4, 0.5) is 0 Å². The van der Waals surface area contributed by atoms with Crippen LogP contribution in [0.5, 0.6) is 0 Å². The smallest absolute Gasteiger partial charge is 0.260 e. The van der Waals surface area contributed by atoms with Crippen molar-refractivity contribution in [1.29, 1.82) is 5.26 Å². The Hall–Kier alpha value is -4.01. The van der Waals surface area contributed by atoms with E-state index in [1.165, 1.54) is 4.57 Å². The number of ether oxygens (including phenoxy) is 1. The Balaban J connectivity index is 1.75. The fourth-order valence-electron chi connectivity index (χ4n) is 3.25. The molecule has 30 heavy (non-hydrogen) atoms. The average molecular weight is 393 g/mol. The molecule has 0 N–H and O–H groups in total. The van der Waals surface area contributed by atoms with Gasteiger partial charge < -0.3 is 4.74 Å². The highest BCUT2D eigenvalue weighted by Gasteiger charge is 2.14. The van der Waals surface area contributed by atoms with Crippen LogP contribution >= 0.6 is 0 Å². The average Bonchev–Trinajstić information content (AvgIpc) is 2.81. The van der Waals surface area contributed by atoms with Crippen molar-refractivity contribution in [3.63, 3.8) is 0 Å². The van der Waals surface area contributed by atoms with Crippen LogP contribution in [0.25, 0.3) is 22.4 Å². The minimum Gasteiger partial charge on any atom is -0.356 e. The lowest BCUT2D eigenvalue weighted by Gasteiger charge is -2.13. The molecule has 0 fully saturated rings. The molecule has 0 aliphatic heterocycles. The van der Waals surface area contributed by atoms with E-state index in [0.29, 0.717) is 23.3 Å². The lowest BCUT2D eigenvalue weighted by atomic mass is 9.99. The molecule has 4 rings (SSSR count). The van der Waals surface area contributed by atoms with E-state index in [0.717, 1.165) is 16.8 Å². The van der Waals surface area contributed by atoms with Crippen molar-refractivity contribution in [3.05, 3.63) is 113 Å². The molecule has 0 radical (unpaired) electrons. The van der Waals surface area contributed by atoms with E-state index in [4.69, 9.17) is 4.74 Å². The summed E-state index contributed by atoms with van der Waals surface area (Å²) >= 11 is 0. The number of pyridine rings is 2. The molecule has 0 atom stereocenters.